The molecular formula is C17H27N3O2. The van der Waals surface area contributed by atoms with Crippen LogP contribution in [0.3, 0.4) is 0 Å². The number of rotatable bonds is 6. The number of nitrogens with one attached hydrogen (secondary N) is 1. The van der Waals surface area contributed by atoms with Gasteiger partial charge in [0.15, 0.2) is 0 Å². The Morgan fingerprint density at radius 1 is 1.45 bits per heavy atom. The summed E-state index contributed by atoms with van der Waals surface area (Å²) in [4.78, 5) is 14.5. The van der Waals surface area contributed by atoms with Gasteiger partial charge in [0.2, 0.25) is 5.91 Å². The minimum Gasteiger partial charge on any atom is -0.381 e. The van der Waals surface area contributed by atoms with E-state index >= 15 is 0 Å². The number of amides is 1. The molecule has 0 aromatic heterocycles. The van der Waals surface area contributed by atoms with Gasteiger partial charge in [-0.1, -0.05) is 30.3 Å². The van der Waals surface area contributed by atoms with Crippen molar-refractivity contribution < 1.29 is 9.53 Å². The van der Waals surface area contributed by atoms with E-state index in [0.29, 0.717) is 13.1 Å². The fourth-order valence-electron chi connectivity index (χ4n) is 3.03. The summed E-state index contributed by atoms with van der Waals surface area (Å²) in [6, 6.07) is 10.2. The first-order chi connectivity index (χ1) is 10.6. The van der Waals surface area contributed by atoms with Gasteiger partial charge in [-0.3, -0.25) is 9.69 Å². The normalized spacial score (nSPS) is 24.0. The van der Waals surface area contributed by atoms with E-state index in [9.17, 15) is 4.79 Å². The molecule has 0 bridgehead atoms. The minimum absolute atomic E-state index is 0.0153. The minimum atomic E-state index is 0.0153. The summed E-state index contributed by atoms with van der Waals surface area (Å²) in [6.07, 6.45) is 2.11. The molecule has 3 N–H and O–H groups in total. The lowest BCUT2D eigenvalue weighted by Gasteiger charge is -2.38. The average Bonchev–Trinajstić information content (AvgIpc) is 2.55. The molecule has 22 heavy (non-hydrogen) atoms. The van der Waals surface area contributed by atoms with Crippen molar-refractivity contribution in [1.29, 1.82) is 0 Å². The van der Waals surface area contributed by atoms with Crippen LogP contribution in [-0.2, 0) is 9.53 Å². The summed E-state index contributed by atoms with van der Waals surface area (Å²) in [7, 11) is 1.74. The molecule has 5 heteroatoms. The van der Waals surface area contributed by atoms with E-state index in [2.05, 4.69) is 10.2 Å². The van der Waals surface area contributed by atoms with E-state index in [1.165, 1.54) is 0 Å². The summed E-state index contributed by atoms with van der Waals surface area (Å²) in [5.74, 6) is 0.0469. The van der Waals surface area contributed by atoms with E-state index in [-0.39, 0.29) is 24.1 Å². The molecule has 1 aromatic rings. The van der Waals surface area contributed by atoms with E-state index < -0.39 is 0 Å². The molecule has 1 aliphatic heterocycles. The van der Waals surface area contributed by atoms with Crippen LogP contribution in [-0.4, -0.2) is 49.7 Å². The molecule has 3 unspecified atom stereocenters. The number of piperidine rings is 1. The van der Waals surface area contributed by atoms with Crippen LogP contribution in [0.15, 0.2) is 30.3 Å². The van der Waals surface area contributed by atoms with Gasteiger partial charge in [-0.15, -0.1) is 0 Å². The summed E-state index contributed by atoms with van der Waals surface area (Å²) < 4.78 is 5.42. The van der Waals surface area contributed by atoms with Crippen LogP contribution in [0.1, 0.15) is 31.4 Å². The number of carbonyl (C=O) groups excluding carboxylic acids is 1. The standard InChI is InChI=1S/C17H27N3O2/c1-13(14-6-4-3-5-7-14)19-17(21)12-20-9-8-16(22-2)10-15(20)11-18/h3-7,13,15-16H,8-12,18H2,1-2H3,(H,19,21). The van der Waals surface area contributed by atoms with Crippen molar-refractivity contribution in [3.05, 3.63) is 35.9 Å². The van der Waals surface area contributed by atoms with Gasteiger partial charge in [-0.2, -0.15) is 0 Å². The largest absolute Gasteiger partial charge is 0.381 e. The van der Waals surface area contributed by atoms with Crippen molar-refractivity contribution in [2.24, 2.45) is 5.73 Å². The zero-order valence-corrected chi connectivity index (χ0v) is 13.5. The maximum atomic E-state index is 12.3. The monoisotopic (exact) mass is 305 g/mol. The Hall–Kier alpha value is -1.43. The highest BCUT2D eigenvalue weighted by molar-refractivity contribution is 5.78. The fraction of sp³-hybridized carbons (Fsp3) is 0.588. The van der Waals surface area contributed by atoms with Crippen molar-refractivity contribution in [2.45, 2.75) is 38.0 Å². The molecule has 1 fully saturated rings. The topological polar surface area (TPSA) is 67.6 Å². The summed E-state index contributed by atoms with van der Waals surface area (Å²) in [6.45, 7) is 3.81. The SMILES string of the molecule is COC1CCN(CC(=O)NC(C)c2ccccc2)C(CN)C1. The number of hydrogen-bond donors (Lipinski definition) is 2. The first-order valence-electron chi connectivity index (χ1n) is 7.95. The molecule has 1 aromatic carbocycles. The second-order valence-corrected chi connectivity index (χ2v) is 5.94. The van der Waals surface area contributed by atoms with Crippen molar-refractivity contribution in [2.75, 3.05) is 26.7 Å². The summed E-state index contributed by atoms with van der Waals surface area (Å²) in [5, 5.41) is 3.06. The summed E-state index contributed by atoms with van der Waals surface area (Å²) in [5.41, 5.74) is 6.96. The Kier molecular flexibility index (Phi) is 6.36. The molecular weight excluding hydrogens is 278 g/mol. The Morgan fingerprint density at radius 3 is 2.82 bits per heavy atom. The first kappa shape index (κ1) is 16.9. The lowest BCUT2D eigenvalue weighted by Crippen LogP contribution is -2.51. The zero-order chi connectivity index (χ0) is 15.9. The molecule has 122 valence electrons. The lowest BCUT2D eigenvalue weighted by atomic mass is 9.99. The van der Waals surface area contributed by atoms with Crippen molar-refractivity contribution in [3.8, 4) is 0 Å². The predicted molar refractivity (Wildman–Crippen MR) is 87.4 cm³/mol. The van der Waals surface area contributed by atoms with Gasteiger partial charge in [0.05, 0.1) is 18.7 Å². The highest BCUT2D eigenvalue weighted by atomic mass is 16.5. The number of nitrogens with zero attached hydrogens (tertiary/aromatic N) is 1. The van der Waals surface area contributed by atoms with Gasteiger partial charge >= 0.3 is 0 Å². The summed E-state index contributed by atoms with van der Waals surface area (Å²) >= 11 is 0. The molecule has 3 atom stereocenters. The number of likely N-dealkylation sites (tertiary alicyclic amines) is 1. The molecule has 1 amide bonds. The lowest BCUT2D eigenvalue weighted by molar-refractivity contribution is -0.124. The molecule has 0 radical (unpaired) electrons. The van der Waals surface area contributed by atoms with Crippen LogP contribution in [0.2, 0.25) is 0 Å². The number of ether oxygens (including phenoxy) is 1. The van der Waals surface area contributed by atoms with Crippen molar-refractivity contribution in [1.82, 2.24) is 10.2 Å². The molecule has 0 saturated carbocycles. The van der Waals surface area contributed by atoms with Crippen molar-refractivity contribution in [3.63, 3.8) is 0 Å². The van der Waals surface area contributed by atoms with Gasteiger partial charge in [0, 0.05) is 26.2 Å². The highest BCUT2D eigenvalue weighted by Gasteiger charge is 2.28. The third-order valence-electron chi connectivity index (χ3n) is 4.42. The van der Waals surface area contributed by atoms with Gasteiger partial charge < -0.3 is 15.8 Å². The Morgan fingerprint density at radius 2 is 2.18 bits per heavy atom. The fourth-order valence-corrected chi connectivity index (χ4v) is 3.03. The Labute approximate surface area is 132 Å². The maximum Gasteiger partial charge on any atom is 0.234 e. The van der Waals surface area contributed by atoms with Crippen LogP contribution in [0, 0.1) is 0 Å². The van der Waals surface area contributed by atoms with Crippen LogP contribution < -0.4 is 11.1 Å². The van der Waals surface area contributed by atoms with E-state index in [1.807, 2.05) is 37.3 Å². The molecule has 0 spiro atoms. The molecule has 1 saturated heterocycles. The second kappa shape index (κ2) is 8.27. The van der Waals surface area contributed by atoms with Crippen molar-refractivity contribution >= 4 is 5.91 Å². The molecule has 1 aliphatic rings. The molecule has 1 heterocycles. The number of methoxy groups -OCH3 is 1. The van der Waals surface area contributed by atoms with E-state index in [0.717, 1.165) is 24.9 Å². The van der Waals surface area contributed by atoms with Gasteiger partial charge in [-0.05, 0) is 25.3 Å². The Bertz CT molecular complexity index is 466. The molecule has 5 nitrogen and oxygen atoms in total. The first-order valence-corrected chi connectivity index (χ1v) is 7.95. The highest BCUT2D eigenvalue weighted by Crippen LogP contribution is 2.19. The van der Waals surface area contributed by atoms with E-state index in [1.54, 1.807) is 7.11 Å². The Balaban J connectivity index is 1.86. The molecule has 2 rings (SSSR count). The third-order valence-corrected chi connectivity index (χ3v) is 4.42. The number of benzene rings is 1. The van der Waals surface area contributed by atoms with Crippen LogP contribution in [0.4, 0.5) is 0 Å². The van der Waals surface area contributed by atoms with Gasteiger partial charge in [-0.25, -0.2) is 0 Å². The van der Waals surface area contributed by atoms with Gasteiger partial charge in [0.25, 0.3) is 0 Å². The average molecular weight is 305 g/mol. The van der Waals surface area contributed by atoms with Crippen LogP contribution in [0.25, 0.3) is 0 Å². The van der Waals surface area contributed by atoms with Crippen LogP contribution >= 0.6 is 0 Å². The van der Waals surface area contributed by atoms with Crippen LogP contribution in [0.5, 0.6) is 0 Å². The number of carbonyl (C=O) groups is 1. The maximum absolute atomic E-state index is 12.3. The van der Waals surface area contributed by atoms with E-state index in [4.69, 9.17) is 10.5 Å². The zero-order valence-electron chi connectivity index (χ0n) is 13.5. The third kappa shape index (κ3) is 4.53. The second-order valence-electron chi connectivity index (χ2n) is 5.94. The predicted octanol–water partition coefficient (Wildman–Crippen LogP) is 1.30. The number of nitrogens with two attached hydrogens (primary N) is 1. The van der Waals surface area contributed by atoms with Gasteiger partial charge in [0.1, 0.15) is 0 Å². The molecule has 0 aliphatic carbocycles. The smallest absolute Gasteiger partial charge is 0.234 e. The number of hydrogen-bond acceptors (Lipinski definition) is 4. The quantitative estimate of drug-likeness (QED) is 0.831.